The van der Waals surface area contributed by atoms with Gasteiger partial charge in [0, 0.05) is 7.05 Å². The Morgan fingerprint density at radius 3 is 2.60 bits per heavy atom. The molecule has 5 aromatic rings. The Morgan fingerprint density at radius 2 is 1.90 bits per heavy atom. The summed E-state index contributed by atoms with van der Waals surface area (Å²) < 4.78 is 9.90. The fourth-order valence-electron chi connectivity index (χ4n) is 4.30. The number of nitrogen functional groups attached to an aromatic ring is 1. The first-order valence-electron chi connectivity index (χ1n) is 12.2. The number of carbonyl (C=O) groups is 1. The van der Waals surface area contributed by atoms with Crippen molar-refractivity contribution in [2.24, 2.45) is 7.05 Å². The molecular formula is C26H23ClN10O3. The van der Waals surface area contributed by atoms with Gasteiger partial charge in [-0.25, -0.2) is 24.3 Å². The molecule has 0 unspecified atom stereocenters. The molecule has 13 nitrogen and oxygen atoms in total. The third-order valence-corrected chi connectivity index (χ3v) is 6.98. The van der Waals surface area contributed by atoms with Crippen LogP contribution in [0.5, 0.6) is 0 Å². The second-order valence-electron chi connectivity index (χ2n) is 9.17. The fraction of sp³-hybridized carbons (Fsp3) is 0.192. The number of pyridine rings is 1. The van der Waals surface area contributed by atoms with Crippen LogP contribution < -0.4 is 16.6 Å². The standard InChI is InChI=1S/C26H23ClN10O3/c1-14-21(26(39)37(35(14)2)20-6-4-3-5-17(20)27)25(38)32-15-7-8-18(29-9-15)22-23(28)30-10-19(33-22)24-31-13-36(34-24)16-11-40-12-16/h3-10,13,16H,11-12H2,1-2H3,(H2,28,30)(H,32,38). The number of ether oxygens (including phenoxy) is 1. The zero-order valence-electron chi connectivity index (χ0n) is 21.4. The van der Waals surface area contributed by atoms with Crippen LogP contribution in [0, 0.1) is 6.92 Å². The minimum Gasteiger partial charge on any atom is -0.382 e. The van der Waals surface area contributed by atoms with Crippen molar-refractivity contribution in [2.75, 3.05) is 24.3 Å². The average molecular weight is 559 g/mol. The largest absolute Gasteiger partial charge is 0.382 e. The van der Waals surface area contributed by atoms with Crippen molar-refractivity contribution in [1.82, 2.24) is 39.1 Å². The van der Waals surface area contributed by atoms with Crippen molar-refractivity contribution < 1.29 is 9.53 Å². The van der Waals surface area contributed by atoms with Crippen molar-refractivity contribution >= 4 is 29.0 Å². The van der Waals surface area contributed by atoms with Crippen molar-refractivity contribution in [2.45, 2.75) is 13.0 Å². The quantitative estimate of drug-likeness (QED) is 0.319. The zero-order chi connectivity index (χ0) is 28.0. The molecule has 0 saturated carbocycles. The number of carbonyl (C=O) groups excluding carboxylic acids is 1. The maximum absolute atomic E-state index is 13.2. The third kappa shape index (κ3) is 4.40. The van der Waals surface area contributed by atoms with Crippen LogP contribution in [0.4, 0.5) is 11.5 Å². The Balaban J connectivity index is 1.24. The number of benzene rings is 1. The lowest BCUT2D eigenvalue weighted by Crippen LogP contribution is -2.30. The Bertz CT molecular complexity index is 1800. The van der Waals surface area contributed by atoms with E-state index in [9.17, 15) is 9.59 Å². The van der Waals surface area contributed by atoms with Gasteiger partial charge in [0.05, 0.1) is 53.4 Å². The maximum atomic E-state index is 13.2. The fourth-order valence-corrected chi connectivity index (χ4v) is 4.52. The summed E-state index contributed by atoms with van der Waals surface area (Å²) in [5.74, 6) is 0.0170. The van der Waals surface area contributed by atoms with E-state index < -0.39 is 11.5 Å². The van der Waals surface area contributed by atoms with Gasteiger partial charge in [0.15, 0.2) is 5.82 Å². The number of anilines is 2. The highest BCUT2D eigenvalue weighted by atomic mass is 35.5. The summed E-state index contributed by atoms with van der Waals surface area (Å²) >= 11 is 6.30. The van der Waals surface area contributed by atoms with Gasteiger partial charge in [-0.15, -0.1) is 5.10 Å². The topological polar surface area (TPSA) is 161 Å². The van der Waals surface area contributed by atoms with E-state index in [4.69, 9.17) is 22.1 Å². The second kappa shape index (κ2) is 10.0. The molecule has 40 heavy (non-hydrogen) atoms. The molecule has 202 valence electrons. The molecule has 1 amide bonds. The first-order chi connectivity index (χ1) is 19.3. The van der Waals surface area contributed by atoms with E-state index in [0.29, 0.717) is 58.2 Å². The van der Waals surface area contributed by atoms with Crippen LogP contribution in [0.3, 0.4) is 0 Å². The smallest absolute Gasteiger partial charge is 0.284 e. The molecule has 1 fully saturated rings. The van der Waals surface area contributed by atoms with Gasteiger partial charge < -0.3 is 15.8 Å². The van der Waals surface area contributed by atoms with Crippen LogP contribution >= 0.6 is 11.6 Å². The number of nitrogens with two attached hydrogens (primary N) is 1. The van der Waals surface area contributed by atoms with E-state index in [1.165, 1.54) is 17.1 Å². The van der Waals surface area contributed by atoms with Crippen LogP contribution in [-0.2, 0) is 11.8 Å². The summed E-state index contributed by atoms with van der Waals surface area (Å²) in [6.45, 7) is 2.88. The van der Waals surface area contributed by atoms with E-state index >= 15 is 0 Å². The highest BCUT2D eigenvalue weighted by Crippen LogP contribution is 2.25. The number of hydrogen-bond donors (Lipinski definition) is 2. The van der Waals surface area contributed by atoms with Crippen LogP contribution in [0.1, 0.15) is 22.1 Å². The lowest BCUT2D eigenvalue weighted by atomic mass is 10.2. The molecule has 0 bridgehead atoms. The number of hydrogen-bond acceptors (Lipinski definition) is 9. The molecule has 1 saturated heterocycles. The van der Waals surface area contributed by atoms with Gasteiger partial charge in [-0.3, -0.25) is 19.3 Å². The van der Waals surface area contributed by atoms with Gasteiger partial charge >= 0.3 is 0 Å². The van der Waals surface area contributed by atoms with Crippen molar-refractivity contribution in [3.63, 3.8) is 0 Å². The Morgan fingerprint density at radius 1 is 1.10 bits per heavy atom. The van der Waals surface area contributed by atoms with Crippen LogP contribution in [-0.4, -0.2) is 58.2 Å². The SMILES string of the molecule is Cc1c(C(=O)Nc2ccc(-c3nc(-c4ncn(C5COC5)n4)cnc3N)nc2)c(=O)n(-c2ccccc2Cl)n1C. The summed E-state index contributed by atoms with van der Waals surface area (Å²) in [5, 5.41) is 7.60. The first kappa shape index (κ1) is 25.4. The van der Waals surface area contributed by atoms with Gasteiger partial charge in [0.1, 0.15) is 29.3 Å². The number of aromatic nitrogens is 8. The summed E-state index contributed by atoms with van der Waals surface area (Å²) in [4.78, 5) is 43.9. The second-order valence-corrected chi connectivity index (χ2v) is 9.57. The predicted molar refractivity (Wildman–Crippen MR) is 147 cm³/mol. The lowest BCUT2D eigenvalue weighted by molar-refractivity contribution is -0.0287. The van der Waals surface area contributed by atoms with Gasteiger partial charge in [-0.05, 0) is 31.2 Å². The summed E-state index contributed by atoms with van der Waals surface area (Å²) in [7, 11) is 1.69. The van der Waals surface area contributed by atoms with E-state index in [1.54, 1.807) is 66.1 Å². The molecule has 1 aliphatic rings. The molecule has 0 atom stereocenters. The highest BCUT2D eigenvalue weighted by molar-refractivity contribution is 6.32. The number of nitrogens with zero attached hydrogens (tertiary/aromatic N) is 8. The molecule has 0 radical (unpaired) electrons. The summed E-state index contributed by atoms with van der Waals surface area (Å²) in [6.07, 6.45) is 4.59. The molecule has 0 aliphatic carbocycles. The number of amides is 1. The molecule has 6 rings (SSSR count). The number of halogens is 1. The van der Waals surface area contributed by atoms with Gasteiger partial charge in [-0.2, -0.15) is 0 Å². The molecule has 1 aromatic carbocycles. The molecule has 14 heteroatoms. The maximum Gasteiger partial charge on any atom is 0.284 e. The van der Waals surface area contributed by atoms with Crippen molar-refractivity contribution in [1.29, 1.82) is 0 Å². The van der Waals surface area contributed by atoms with Crippen LogP contribution in [0.2, 0.25) is 5.02 Å². The summed E-state index contributed by atoms with van der Waals surface area (Å²) in [5.41, 5.74) is 8.16. The normalized spacial score (nSPS) is 13.3. The lowest BCUT2D eigenvalue weighted by Gasteiger charge is -2.25. The highest BCUT2D eigenvalue weighted by Gasteiger charge is 2.24. The number of para-hydroxylation sites is 1. The van der Waals surface area contributed by atoms with E-state index in [-0.39, 0.29) is 17.4 Å². The van der Waals surface area contributed by atoms with E-state index in [0.717, 1.165) is 0 Å². The zero-order valence-corrected chi connectivity index (χ0v) is 22.2. The Kier molecular flexibility index (Phi) is 6.36. The van der Waals surface area contributed by atoms with Crippen molar-refractivity contribution in [3.8, 4) is 28.6 Å². The molecular weight excluding hydrogens is 536 g/mol. The molecule has 0 spiro atoms. The number of nitrogens with one attached hydrogen (secondary N) is 1. The monoisotopic (exact) mass is 558 g/mol. The van der Waals surface area contributed by atoms with Gasteiger partial charge in [0.2, 0.25) is 5.82 Å². The molecule has 3 N–H and O–H groups in total. The molecule has 1 aliphatic heterocycles. The number of rotatable bonds is 6. The van der Waals surface area contributed by atoms with E-state index in [1.807, 2.05) is 0 Å². The molecule has 5 heterocycles. The average Bonchev–Trinajstić information content (AvgIpc) is 3.47. The Hall–Kier alpha value is -4.88. The minimum atomic E-state index is -0.571. The van der Waals surface area contributed by atoms with Crippen molar-refractivity contribution in [3.05, 3.63) is 81.8 Å². The van der Waals surface area contributed by atoms with E-state index in [2.05, 4.69) is 30.4 Å². The predicted octanol–water partition coefficient (Wildman–Crippen LogP) is 2.65. The third-order valence-electron chi connectivity index (χ3n) is 6.66. The van der Waals surface area contributed by atoms with Crippen LogP contribution in [0.15, 0.2) is 59.9 Å². The van der Waals surface area contributed by atoms with Gasteiger partial charge in [0.25, 0.3) is 11.5 Å². The Labute approximate surface area is 232 Å². The summed E-state index contributed by atoms with van der Waals surface area (Å²) in [6, 6.07) is 10.4. The first-order valence-corrected chi connectivity index (χ1v) is 12.6. The van der Waals surface area contributed by atoms with Gasteiger partial charge in [-0.1, -0.05) is 23.7 Å². The molecule has 4 aromatic heterocycles. The minimum absolute atomic E-state index is 0.00490. The van der Waals surface area contributed by atoms with Crippen LogP contribution in [0.25, 0.3) is 28.6 Å².